The van der Waals surface area contributed by atoms with Crippen molar-refractivity contribution in [1.82, 2.24) is 4.90 Å². The predicted molar refractivity (Wildman–Crippen MR) is 122 cm³/mol. The zero-order valence-corrected chi connectivity index (χ0v) is 18.3. The van der Waals surface area contributed by atoms with Crippen LogP contribution in [-0.4, -0.2) is 50.2 Å². The van der Waals surface area contributed by atoms with Crippen molar-refractivity contribution in [3.63, 3.8) is 0 Å². The molecule has 6 heteroatoms. The van der Waals surface area contributed by atoms with Crippen molar-refractivity contribution in [1.29, 1.82) is 0 Å². The van der Waals surface area contributed by atoms with Crippen LogP contribution in [0.5, 0.6) is 5.75 Å². The summed E-state index contributed by atoms with van der Waals surface area (Å²) in [5.41, 5.74) is 2.66. The van der Waals surface area contributed by atoms with Crippen LogP contribution in [0.25, 0.3) is 0 Å². The number of benzene rings is 2. The lowest BCUT2D eigenvalue weighted by Gasteiger charge is -2.39. The molecule has 1 saturated heterocycles. The van der Waals surface area contributed by atoms with Gasteiger partial charge in [0, 0.05) is 44.4 Å². The Bertz CT molecular complexity index is 805. The first kappa shape index (κ1) is 22.1. The lowest BCUT2D eigenvalue weighted by molar-refractivity contribution is -0.384. The van der Waals surface area contributed by atoms with E-state index in [-0.39, 0.29) is 10.6 Å². The molecule has 0 N–H and O–H groups in total. The number of nitro groups is 1. The van der Waals surface area contributed by atoms with E-state index < -0.39 is 0 Å². The van der Waals surface area contributed by atoms with Crippen molar-refractivity contribution in [2.75, 3.05) is 45.2 Å². The monoisotopic (exact) mass is 411 g/mol. The molecule has 30 heavy (non-hydrogen) atoms. The van der Waals surface area contributed by atoms with Gasteiger partial charge in [-0.3, -0.25) is 10.1 Å². The fourth-order valence-corrected chi connectivity index (χ4v) is 4.19. The van der Waals surface area contributed by atoms with Crippen LogP contribution >= 0.6 is 0 Å². The van der Waals surface area contributed by atoms with Gasteiger partial charge in [-0.05, 0) is 61.7 Å². The third-order valence-corrected chi connectivity index (χ3v) is 6.00. The number of nitro benzene ring substituents is 1. The summed E-state index contributed by atoms with van der Waals surface area (Å²) in [6.07, 6.45) is 3.55. The third-order valence-electron chi connectivity index (χ3n) is 6.00. The lowest BCUT2D eigenvalue weighted by atomic mass is 9.80. The Morgan fingerprint density at radius 2 is 1.83 bits per heavy atom. The molecule has 0 bridgehead atoms. The maximum Gasteiger partial charge on any atom is 0.269 e. The predicted octanol–water partition coefficient (Wildman–Crippen LogP) is 4.95. The van der Waals surface area contributed by atoms with Gasteiger partial charge in [0.2, 0.25) is 0 Å². The van der Waals surface area contributed by atoms with Crippen molar-refractivity contribution in [2.24, 2.45) is 5.92 Å². The normalized spacial score (nSPS) is 19.4. The van der Waals surface area contributed by atoms with Gasteiger partial charge in [-0.2, -0.15) is 0 Å². The molecule has 3 rings (SSSR count). The second-order valence-electron chi connectivity index (χ2n) is 8.36. The summed E-state index contributed by atoms with van der Waals surface area (Å²) in [5, 5.41) is 10.9. The van der Waals surface area contributed by atoms with Gasteiger partial charge < -0.3 is 14.5 Å². The number of rotatable bonds is 9. The molecule has 2 aromatic rings. The van der Waals surface area contributed by atoms with Crippen LogP contribution < -0.4 is 9.64 Å². The van der Waals surface area contributed by atoms with Crippen LogP contribution in [0, 0.1) is 16.0 Å². The highest BCUT2D eigenvalue weighted by molar-refractivity contribution is 5.46. The average Bonchev–Trinajstić information content (AvgIpc) is 2.76. The van der Waals surface area contributed by atoms with Crippen molar-refractivity contribution >= 4 is 11.4 Å². The summed E-state index contributed by atoms with van der Waals surface area (Å²) in [6, 6.07) is 15.3. The quantitative estimate of drug-likeness (QED) is 0.432. The summed E-state index contributed by atoms with van der Waals surface area (Å²) in [6.45, 7) is 6.12. The van der Waals surface area contributed by atoms with Gasteiger partial charge in [-0.1, -0.05) is 25.5 Å². The van der Waals surface area contributed by atoms with E-state index in [9.17, 15) is 10.1 Å². The second kappa shape index (κ2) is 10.4. The largest absolute Gasteiger partial charge is 0.493 e. The van der Waals surface area contributed by atoms with Crippen molar-refractivity contribution in [2.45, 2.75) is 32.1 Å². The summed E-state index contributed by atoms with van der Waals surface area (Å²) in [4.78, 5) is 15.1. The van der Waals surface area contributed by atoms with Crippen LogP contribution in [0.2, 0.25) is 0 Å². The minimum Gasteiger partial charge on any atom is -0.493 e. The van der Waals surface area contributed by atoms with Crippen LogP contribution in [0.4, 0.5) is 11.4 Å². The maximum absolute atomic E-state index is 10.9. The van der Waals surface area contributed by atoms with Gasteiger partial charge in [-0.15, -0.1) is 0 Å². The van der Waals surface area contributed by atoms with Gasteiger partial charge in [0.15, 0.2) is 0 Å². The lowest BCUT2D eigenvalue weighted by Crippen LogP contribution is -2.42. The molecule has 1 aliphatic heterocycles. The standard InChI is InChI=1S/C24H33N3O3/c1-4-5-15-26-16-14-24(19-6-8-21(9-7-19)25(2)3)20(17-26)18-30-23-12-10-22(11-13-23)27(28)29/h6-13,20,24H,4-5,14-18H2,1-3H3/t20-,24-/m1/s1. The fraction of sp³-hybridized carbons (Fsp3) is 0.500. The van der Waals surface area contributed by atoms with Crippen LogP contribution in [-0.2, 0) is 0 Å². The highest BCUT2D eigenvalue weighted by atomic mass is 16.6. The molecular formula is C24H33N3O3. The first-order valence-electron chi connectivity index (χ1n) is 10.8. The third kappa shape index (κ3) is 5.72. The van der Waals surface area contributed by atoms with Crippen molar-refractivity contribution < 1.29 is 9.66 Å². The number of hydrogen-bond acceptors (Lipinski definition) is 5. The first-order valence-corrected chi connectivity index (χ1v) is 10.8. The number of likely N-dealkylation sites (tertiary alicyclic amines) is 1. The van der Waals surface area contributed by atoms with Crippen LogP contribution in [0.3, 0.4) is 0 Å². The van der Waals surface area contributed by atoms with E-state index in [1.807, 2.05) is 0 Å². The van der Waals surface area contributed by atoms with Gasteiger partial charge >= 0.3 is 0 Å². The van der Waals surface area contributed by atoms with Crippen molar-refractivity contribution in [3.05, 3.63) is 64.2 Å². The highest BCUT2D eigenvalue weighted by Crippen LogP contribution is 2.34. The van der Waals surface area contributed by atoms with E-state index >= 15 is 0 Å². The second-order valence-corrected chi connectivity index (χ2v) is 8.36. The SMILES string of the molecule is CCCCN1CC[C@H](c2ccc(N(C)C)cc2)[C@@H](COc2ccc([N+](=O)[O-])cc2)C1. The van der Waals surface area contributed by atoms with E-state index in [0.29, 0.717) is 24.2 Å². The smallest absolute Gasteiger partial charge is 0.269 e. The molecule has 1 heterocycles. The molecule has 0 amide bonds. The van der Waals surface area contributed by atoms with E-state index in [2.05, 4.69) is 55.1 Å². The molecule has 2 atom stereocenters. The fourth-order valence-electron chi connectivity index (χ4n) is 4.19. The van der Waals surface area contributed by atoms with E-state index in [1.165, 1.54) is 36.2 Å². The maximum atomic E-state index is 10.9. The molecule has 0 unspecified atom stereocenters. The Morgan fingerprint density at radius 3 is 2.43 bits per heavy atom. The van der Waals surface area contributed by atoms with E-state index in [1.54, 1.807) is 12.1 Å². The summed E-state index contributed by atoms with van der Waals surface area (Å²) < 4.78 is 6.09. The molecule has 162 valence electrons. The Kier molecular flexibility index (Phi) is 7.69. The molecule has 2 aromatic carbocycles. The minimum absolute atomic E-state index is 0.0876. The van der Waals surface area contributed by atoms with Gasteiger partial charge in [0.25, 0.3) is 5.69 Å². The Labute approximate surface area is 179 Å². The molecule has 1 fully saturated rings. The Balaban J connectivity index is 1.71. The first-order chi connectivity index (χ1) is 14.5. The molecule has 0 aliphatic carbocycles. The van der Waals surface area contributed by atoms with Crippen LogP contribution in [0.1, 0.15) is 37.7 Å². The number of hydrogen-bond donors (Lipinski definition) is 0. The van der Waals surface area contributed by atoms with Gasteiger partial charge in [-0.25, -0.2) is 0 Å². The molecule has 0 spiro atoms. The zero-order valence-electron chi connectivity index (χ0n) is 18.3. The van der Waals surface area contributed by atoms with Crippen molar-refractivity contribution in [3.8, 4) is 5.75 Å². The van der Waals surface area contributed by atoms with E-state index in [4.69, 9.17) is 4.74 Å². The molecule has 1 aliphatic rings. The number of piperidine rings is 1. The van der Waals surface area contributed by atoms with Gasteiger partial charge in [0.05, 0.1) is 11.5 Å². The number of non-ortho nitro benzene ring substituents is 1. The van der Waals surface area contributed by atoms with Gasteiger partial charge in [0.1, 0.15) is 5.75 Å². The number of nitrogens with zero attached hydrogens (tertiary/aromatic N) is 3. The minimum atomic E-state index is -0.385. The molecular weight excluding hydrogens is 378 g/mol. The van der Waals surface area contributed by atoms with Crippen LogP contribution in [0.15, 0.2) is 48.5 Å². The number of unbranched alkanes of at least 4 members (excludes halogenated alkanes) is 1. The molecule has 6 nitrogen and oxygen atoms in total. The summed E-state index contributed by atoms with van der Waals surface area (Å²) >= 11 is 0. The summed E-state index contributed by atoms with van der Waals surface area (Å²) in [5.74, 6) is 1.53. The number of anilines is 1. The number of ether oxygens (including phenoxy) is 1. The molecule has 0 aromatic heterocycles. The average molecular weight is 412 g/mol. The zero-order chi connectivity index (χ0) is 21.5. The van der Waals surface area contributed by atoms with E-state index in [0.717, 1.165) is 26.1 Å². The Hall–Kier alpha value is -2.60. The highest BCUT2D eigenvalue weighted by Gasteiger charge is 2.30. The molecule has 0 saturated carbocycles. The Morgan fingerprint density at radius 1 is 1.13 bits per heavy atom. The topological polar surface area (TPSA) is 58.8 Å². The summed E-state index contributed by atoms with van der Waals surface area (Å²) in [7, 11) is 4.12. The molecule has 0 radical (unpaired) electrons.